The second-order valence-corrected chi connectivity index (χ2v) is 14.1. The second-order valence-electron chi connectivity index (χ2n) is 14.1. The fourth-order valence-corrected chi connectivity index (χ4v) is 8.54. The summed E-state index contributed by atoms with van der Waals surface area (Å²) in [6.07, 6.45) is 0. The summed E-state index contributed by atoms with van der Waals surface area (Å²) in [5.74, 6) is 0. The van der Waals surface area contributed by atoms with E-state index in [1.54, 1.807) is 0 Å². The number of aromatic nitrogens is 1. The van der Waals surface area contributed by atoms with Crippen molar-refractivity contribution in [1.29, 1.82) is 0 Å². The Balaban J connectivity index is 1.05. The number of benzene rings is 8. The van der Waals surface area contributed by atoms with Crippen LogP contribution in [0.5, 0.6) is 0 Å². The topological polar surface area (TPSA) is 47.6 Å². The van der Waals surface area contributed by atoms with E-state index in [4.69, 9.17) is 13.3 Å². The standard InChI is InChI=1S/C50H30N2O3/c1-2-11-32(12-3-1)52-49-36(16-10-17-42(49)48-41-15-6-9-20-45(41)55-50(48)52)31-21-23-33(24-22-31)51(34-25-27-39-37-13-4-7-18-43(37)53-46(39)29-34)35-26-28-40-38-14-5-8-19-44(38)54-47(40)30-35/h1-30H. The molecule has 12 rings (SSSR count). The predicted octanol–water partition coefficient (Wildman–Crippen LogP) is 14.5. The maximum absolute atomic E-state index is 6.60. The summed E-state index contributed by atoms with van der Waals surface area (Å²) < 4.78 is 21.6. The molecule has 55 heavy (non-hydrogen) atoms. The minimum atomic E-state index is 0.843. The van der Waals surface area contributed by atoms with Gasteiger partial charge in [-0.3, -0.25) is 4.57 Å². The monoisotopic (exact) mass is 706 g/mol. The third-order valence-corrected chi connectivity index (χ3v) is 11.0. The molecule has 5 nitrogen and oxygen atoms in total. The summed E-state index contributed by atoms with van der Waals surface area (Å²) in [5.41, 5.74) is 12.6. The smallest absolute Gasteiger partial charge is 0.213 e. The zero-order valence-corrected chi connectivity index (χ0v) is 29.4. The minimum Gasteiger partial charge on any atom is -0.456 e. The second kappa shape index (κ2) is 11.5. The van der Waals surface area contributed by atoms with Crippen LogP contribution in [0.2, 0.25) is 0 Å². The van der Waals surface area contributed by atoms with E-state index in [9.17, 15) is 0 Å². The Morgan fingerprint density at radius 1 is 0.364 bits per heavy atom. The number of para-hydroxylation sites is 5. The molecule has 0 aliphatic heterocycles. The minimum absolute atomic E-state index is 0.843. The van der Waals surface area contributed by atoms with E-state index in [2.05, 4.69) is 149 Å². The first-order valence-electron chi connectivity index (χ1n) is 18.5. The van der Waals surface area contributed by atoms with E-state index >= 15 is 0 Å². The summed E-state index contributed by atoms with van der Waals surface area (Å²) in [5, 5.41) is 7.80. The first-order valence-corrected chi connectivity index (χ1v) is 18.5. The maximum atomic E-state index is 6.60. The molecule has 0 bridgehead atoms. The van der Waals surface area contributed by atoms with Crippen molar-refractivity contribution >= 4 is 93.9 Å². The number of nitrogens with zero attached hydrogens (tertiary/aromatic N) is 2. The molecule has 12 aromatic rings. The summed E-state index contributed by atoms with van der Waals surface area (Å²) >= 11 is 0. The van der Waals surface area contributed by atoms with Gasteiger partial charge in [-0.2, -0.15) is 0 Å². The van der Waals surface area contributed by atoms with E-state index in [1.807, 2.05) is 42.5 Å². The molecule has 0 N–H and O–H groups in total. The lowest BCUT2D eigenvalue weighted by molar-refractivity contribution is 0.645. The Kier molecular flexibility index (Phi) is 6.27. The van der Waals surface area contributed by atoms with Gasteiger partial charge in [-0.05, 0) is 72.3 Å². The Hall–Kier alpha value is -7.50. The average molecular weight is 707 g/mol. The molecule has 8 aromatic carbocycles. The highest BCUT2D eigenvalue weighted by molar-refractivity contribution is 6.22. The van der Waals surface area contributed by atoms with E-state index in [1.165, 1.54) is 0 Å². The highest BCUT2D eigenvalue weighted by atomic mass is 16.3. The molecule has 0 spiro atoms. The van der Waals surface area contributed by atoms with Crippen LogP contribution in [0.15, 0.2) is 195 Å². The fourth-order valence-electron chi connectivity index (χ4n) is 8.54. The molecule has 0 fully saturated rings. The highest BCUT2D eigenvalue weighted by Crippen LogP contribution is 2.44. The first-order chi connectivity index (χ1) is 27.3. The van der Waals surface area contributed by atoms with Crippen LogP contribution in [-0.2, 0) is 0 Å². The molecule has 0 saturated heterocycles. The molecule has 0 aliphatic carbocycles. The van der Waals surface area contributed by atoms with Gasteiger partial charge in [0, 0.05) is 72.8 Å². The lowest BCUT2D eigenvalue weighted by atomic mass is 10.0. The molecule has 0 atom stereocenters. The SMILES string of the molecule is c1ccc(-n2c3oc4ccccc4c3c3cccc(-c4ccc(N(c5ccc6c(c5)oc5ccccc56)c5ccc6c(c5)oc5ccccc56)cc4)c32)cc1. The Morgan fingerprint density at radius 2 is 0.873 bits per heavy atom. The molecular weight excluding hydrogens is 677 g/mol. The van der Waals surface area contributed by atoms with Crippen LogP contribution < -0.4 is 4.90 Å². The predicted molar refractivity (Wildman–Crippen MR) is 225 cm³/mol. The van der Waals surface area contributed by atoms with Crippen LogP contribution in [0.4, 0.5) is 17.1 Å². The summed E-state index contributed by atoms with van der Waals surface area (Å²) in [6, 6.07) is 63.6. The summed E-state index contributed by atoms with van der Waals surface area (Å²) in [6.45, 7) is 0. The molecular formula is C50H30N2O3. The van der Waals surface area contributed by atoms with Gasteiger partial charge in [0.2, 0.25) is 5.71 Å². The largest absolute Gasteiger partial charge is 0.456 e. The van der Waals surface area contributed by atoms with E-state index in [0.29, 0.717) is 0 Å². The van der Waals surface area contributed by atoms with E-state index < -0.39 is 0 Å². The first kappa shape index (κ1) is 30.0. The molecule has 4 aromatic heterocycles. The van der Waals surface area contributed by atoms with Crippen LogP contribution >= 0.6 is 0 Å². The van der Waals surface area contributed by atoms with Crippen LogP contribution in [0.1, 0.15) is 0 Å². The van der Waals surface area contributed by atoms with Crippen molar-refractivity contribution in [3.8, 4) is 16.8 Å². The van der Waals surface area contributed by atoms with Gasteiger partial charge >= 0.3 is 0 Å². The third kappa shape index (κ3) is 4.47. The Morgan fingerprint density at radius 3 is 1.51 bits per heavy atom. The number of furan rings is 3. The zero-order chi connectivity index (χ0) is 36.0. The number of hydrogen-bond donors (Lipinski definition) is 0. The Labute approximate surface area is 314 Å². The van der Waals surface area contributed by atoms with Gasteiger partial charge in [-0.1, -0.05) is 103 Å². The van der Waals surface area contributed by atoms with Crippen molar-refractivity contribution in [2.24, 2.45) is 0 Å². The van der Waals surface area contributed by atoms with Crippen molar-refractivity contribution < 1.29 is 13.3 Å². The molecule has 0 aliphatic rings. The molecule has 258 valence electrons. The fraction of sp³-hybridized carbons (Fsp3) is 0. The van der Waals surface area contributed by atoms with Crippen LogP contribution in [0, 0.1) is 0 Å². The van der Waals surface area contributed by atoms with Crippen molar-refractivity contribution in [2.75, 3.05) is 4.90 Å². The maximum Gasteiger partial charge on any atom is 0.213 e. The van der Waals surface area contributed by atoms with Crippen molar-refractivity contribution in [2.45, 2.75) is 0 Å². The summed E-state index contributed by atoms with van der Waals surface area (Å²) in [4.78, 5) is 2.27. The van der Waals surface area contributed by atoms with E-state index in [0.717, 1.165) is 111 Å². The third-order valence-electron chi connectivity index (χ3n) is 11.0. The van der Waals surface area contributed by atoms with Crippen molar-refractivity contribution in [3.63, 3.8) is 0 Å². The number of hydrogen-bond acceptors (Lipinski definition) is 4. The van der Waals surface area contributed by atoms with Crippen molar-refractivity contribution in [1.82, 2.24) is 4.57 Å². The average Bonchev–Trinajstić information content (AvgIpc) is 3.99. The molecule has 0 saturated carbocycles. The number of rotatable bonds is 5. The van der Waals surface area contributed by atoms with Gasteiger partial charge in [0.05, 0.1) is 10.9 Å². The lowest BCUT2D eigenvalue weighted by Crippen LogP contribution is -2.09. The normalized spacial score (nSPS) is 12.0. The van der Waals surface area contributed by atoms with Crippen LogP contribution in [0.3, 0.4) is 0 Å². The van der Waals surface area contributed by atoms with Gasteiger partial charge in [-0.15, -0.1) is 0 Å². The molecule has 0 unspecified atom stereocenters. The zero-order valence-electron chi connectivity index (χ0n) is 29.4. The molecule has 0 radical (unpaired) electrons. The van der Waals surface area contributed by atoms with Crippen molar-refractivity contribution in [3.05, 3.63) is 182 Å². The van der Waals surface area contributed by atoms with Gasteiger partial charge in [0.25, 0.3) is 0 Å². The quantitative estimate of drug-likeness (QED) is 0.179. The van der Waals surface area contributed by atoms with Crippen LogP contribution in [0.25, 0.3) is 93.7 Å². The van der Waals surface area contributed by atoms with E-state index in [-0.39, 0.29) is 0 Å². The number of fused-ring (bicyclic) bond motifs is 11. The Bertz CT molecular complexity index is 3320. The van der Waals surface area contributed by atoms with Gasteiger partial charge < -0.3 is 18.2 Å². The van der Waals surface area contributed by atoms with Gasteiger partial charge in [0.15, 0.2) is 0 Å². The van der Waals surface area contributed by atoms with Gasteiger partial charge in [-0.25, -0.2) is 0 Å². The lowest BCUT2D eigenvalue weighted by Gasteiger charge is -2.25. The van der Waals surface area contributed by atoms with Crippen LogP contribution in [-0.4, -0.2) is 4.57 Å². The summed E-state index contributed by atoms with van der Waals surface area (Å²) in [7, 11) is 0. The highest BCUT2D eigenvalue weighted by Gasteiger charge is 2.23. The van der Waals surface area contributed by atoms with Gasteiger partial charge in [0.1, 0.15) is 27.9 Å². The molecule has 4 heterocycles. The number of anilines is 3. The molecule has 5 heteroatoms. The molecule has 0 amide bonds.